The van der Waals surface area contributed by atoms with E-state index in [1.54, 1.807) is 18.2 Å². The molecule has 2 rings (SSSR count). The molecule has 4 heteroatoms. The first kappa shape index (κ1) is 14.2. The summed E-state index contributed by atoms with van der Waals surface area (Å²) in [5, 5.41) is 9.22. The molecule has 0 atom stereocenters. The van der Waals surface area contributed by atoms with Crippen molar-refractivity contribution >= 4 is 23.6 Å². The van der Waals surface area contributed by atoms with Gasteiger partial charge >= 0.3 is 5.97 Å². The lowest BCUT2D eigenvalue weighted by molar-refractivity contribution is -0.131. The van der Waals surface area contributed by atoms with Gasteiger partial charge in [-0.2, -0.15) is 0 Å². The third kappa shape index (κ3) is 4.44. The minimum Gasteiger partial charge on any atom is -0.489 e. The standard InChI is InChI=1S/C16H13ClO3/c17-14-5-2-6-15(10-14)20-11-13-4-1-3-12(9-13)7-8-16(18)19/h1-10H,11H2,(H,18,19). The van der Waals surface area contributed by atoms with Gasteiger partial charge in [0, 0.05) is 11.1 Å². The molecule has 0 heterocycles. The fraction of sp³-hybridized carbons (Fsp3) is 0.0625. The van der Waals surface area contributed by atoms with Crippen LogP contribution in [0.5, 0.6) is 5.75 Å². The van der Waals surface area contributed by atoms with Crippen molar-refractivity contribution in [3.05, 3.63) is 70.8 Å². The maximum Gasteiger partial charge on any atom is 0.328 e. The Morgan fingerprint density at radius 2 is 2.00 bits per heavy atom. The molecule has 102 valence electrons. The van der Waals surface area contributed by atoms with Gasteiger partial charge in [-0.3, -0.25) is 0 Å². The molecule has 3 nitrogen and oxygen atoms in total. The van der Waals surface area contributed by atoms with Crippen molar-refractivity contribution in [2.24, 2.45) is 0 Å². The Balaban J connectivity index is 2.03. The number of benzene rings is 2. The molecule has 0 aliphatic carbocycles. The highest BCUT2D eigenvalue weighted by Crippen LogP contribution is 2.18. The van der Waals surface area contributed by atoms with E-state index in [0.717, 1.165) is 17.2 Å². The van der Waals surface area contributed by atoms with E-state index in [4.69, 9.17) is 21.4 Å². The summed E-state index contributed by atoms with van der Waals surface area (Å²) >= 11 is 5.88. The second-order valence-electron chi connectivity index (χ2n) is 4.16. The van der Waals surface area contributed by atoms with Crippen LogP contribution in [-0.2, 0) is 11.4 Å². The van der Waals surface area contributed by atoms with E-state index in [2.05, 4.69) is 0 Å². The molecule has 0 aliphatic rings. The quantitative estimate of drug-likeness (QED) is 0.845. The predicted molar refractivity (Wildman–Crippen MR) is 78.9 cm³/mol. The van der Waals surface area contributed by atoms with Gasteiger partial charge in [0.1, 0.15) is 12.4 Å². The fourth-order valence-electron chi connectivity index (χ4n) is 1.68. The van der Waals surface area contributed by atoms with Crippen LogP contribution in [0.1, 0.15) is 11.1 Å². The Bertz CT molecular complexity index is 635. The number of aliphatic carboxylic acids is 1. The Kier molecular flexibility index (Phi) is 4.80. The van der Waals surface area contributed by atoms with Crippen LogP contribution in [0.15, 0.2) is 54.6 Å². The van der Waals surface area contributed by atoms with Crippen molar-refractivity contribution in [3.8, 4) is 5.75 Å². The van der Waals surface area contributed by atoms with Gasteiger partial charge in [-0.05, 0) is 41.5 Å². The van der Waals surface area contributed by atoms with Crippen molar-refractivity contribution in [1.82, 2.24) is 0 Å². The summed E-state index contributed by atoms with van der Waals surface area (Å²) in [6, 6.07) is 14.7. The summed E-state index contributed by atoms with van der Waals surface area (Å²) in [5.41, 5.74) is 1.78. The van der Waals surface area contributed by atoms with Crippen molar-refractivity contribution < 1.29 is 14.6 Å². The fourth-order valence-corrected chi connectivity index (χ4v) is 1.86. The number of ether oxygens (including phenoxy) is 1. The Morgan fingerprint density at radius 3 is 2.75 bits per heavy atom. The molecule has 2 aromatic carbocycles. The van der Waals surface area contributed by atoms with E-state index in [1.807, 2.05) is 36.4 Å². The molecule has 0 amide bonds. The topological polar surface area (TPSA) is 46.5 Å². The normalized spacial score (nSPS) is 10.7. The van der Waals surface area contributed by atoms with Crippen molar-refractivity contribution in [3.63, 3.8) is 0 Å². The first-order valence-corrected chi connectivity index (χ1v) is 6.39. The van der Waals surface area contributed by atoms with E-state index in [0.29, 0.717) is 17.4 Å². The van der Waals surface area contributed by atoms with Gasteiger partial charge in [0.25, 0.3) is 0 Å². The number of hydrogen-bond acceptors (Lipinski definition) is 2. The zero-order chi connectivity index (χ0) is 14.4. The van der Waals surface area contributed by atoms with Gasteiger partial charge in [0.2, 0.25) is 0 Å². The number of halogens is 1. The third-order valence-corrected chi connectivity index (χ3v) is 2.81. The molecule has 20 heavy (non-hydrogen) atoms. The van der Waals surface area contributed by atoms with Crippen molar-refractivity contribution in [2.45, 2.75) is 6.61 Å². The molecule has 0 aromatic heterocycles. The average Bonchev–Trinajstić information content (AvgIpc) is 2.43. The maximum atomic E-state index is 10.5. The molecule has 1 N–H and O–H groups in total. The molecule has 0 unspecified atom stereocenters. The number of carbonyl (C=O) groups is 1. The number of hydrogen-bond donors (Lipinski definition) is 1. The van der Waals surface area contributed by atoms with E-state index < -0.39 is 5.97 Å². The highest BCUT2D eigenvalue weighted by atomic mass is 35.5. The molecular weight excluding hydrogens is 276 g/mol. The maximum absolute atomic E-state index is 10.5. The van der Waals surface area contributed by atoms with Crippen LogP contribution in [0.3, 0.4) is 0 Å². The molecule has 0 spiro atoms. The van der Waals surface area contributed by atoms with Crippen LogP contribution in [-0.4, -0.2) is 11.1 Å². The lowest BCUT2D eigenvalue weighted by Gasteiger charge is -2.07. The van der Waals surface area contributed by atoms with Gasteiger partial charge in [-0.25, -0.2) is 4.79 Å². The highest BCUT2D eigenvalue weighted by molar-refractivity contribution is 6.30. The van der Waals surface area contributed by atoms with E-state index in [-0.39, 0.29) is 0 Å². The highest BCUT2D eigenvalue weighted by Gasteiger charge is 1.98. The molecular formula is C16H13ClO3. The minimum absolute atomic E-state index is 0.398. The summed E-state index contributed by atoms with van der Waals surface area (Å²) in [4.78, 5) is 10.5. The minimum atomic E-state index is -0.967. The lowest BCUT2D eigenvalue weighted by Crippen LogP contribution is -1.95. The predicted octanol–water partition coefficient (Wildman–Crippen LogP) is 4.02. The van der Waals surface area contributed by atoms with Gasteiger partial charge in [0.05, 0.1) is 0 Å². The van der Waals surface area contributed by atoms with Crippen LogP contribution >= 0.6 is 11.6 Å². The van der Waals surface area contributed by atoms with Gasteiger partial charge in [-0.1, -0.05) is 35.9 Å². The van der Waals surface area contributed by atoms with Crippen LogP contribution in [0, 0.1) is 0 Å². The van der Waals surface area contributed by atoms with Gasteiger partial charge < -0.3 is 9.84 Å². The first-order chi connectivity index (χ1) is 9.63. The summed E-state index contributed by atoms with van der Waals surface area (Å²) in [6.45, 7) is 0.398. The smallest absolute Gasteiger partial charge is 0.328 e. The summed E-state index contributed by atoms with van der Waals surface area (Å²) < 4.78 is 5.63. The Morgan fingerprint density at radius 1 is 1.20 bits per heavy atom. The number of carboxylic acids is 1. The zero-order valence-electron chi connectivity index (χ0n) is 10.6. The average molecular weight is 289 g/mol. The van der Waals surface area contributed by atoms with Crippen molar-refractivity contribution in [2.75, 3.05) is 0 Å². The Hall–Kier alpha value is -2.26. The van der Waals surface area contributed by atoms with Crippen LogP contribution in [0.2, 0.25) is 5.02 Å². The summed E-state index contributed by atoms with van der Waals surface area (Å²) in [5.74, 6) is -0.269. The number of rotatable bonds is 5. The Labute approximate surface area is 122 Å². The molecule has 0 aliphatic heterocycles. The van der Waals surface area contributed by atoms with E-state index in [1.165, 1.54) is 0 Å². The second kappa shape index (κ2) is 6.78. The van der Waals surface area contributed by atoms with Crippen molar-refractivity contribution in [1.29, 1.82) is 0 Å². The largest absolute Gasteiger partial charge is 0.489 e. The molecule has 2 aromatic rings. The summed E-state index contributed by atoms with van der Waals surface area (Å²) in [7, 11) is 0. The molecule has 0 saturated carbocycles. The van der Waals surface area contributed by atoms with Crippen LogP contribution < -0.4 is 4.74 Å². The molecule has 0 fully saturated rings. The van der Waals surface area contributed by atoms with Gasteiger partial charge in [-0.15, -0.1) is 0 Å². The number of carboxylic acid groups (broad SMARTS) is 1. The monoisotopic (exact) mass is 288 g/mol. The van der Waals surface area contributed by atoms with Crippen LogP contribution in [0.4, 0.5) is 0 Å². The zero-order valence-corrected chi connectivity index (χ0v) is 11.4. The second-order valence-corrected chi connectivity index (χ2v) is 4.60. The van der Waals surface area contributed by atoms with E-state index in [9.17, 15) is 4.79 Å². The lowest BCUT2D eigenvalue weighted by atomic mass is 10.1. The summed E-state index contributed by atoms with van der Waals surface area (Å²) in [6.07, 6.45) is 2.65. The molecule has 0 bridgehead atoms. The molecule has 0 radical (unpaired) electrons. The first-order valence-electron chi connectivity index (χ1n) is 6.02. The third-order valence-electron chi connectivity index (χ3n) is 2.57. The van der Waals surface area contributed by atoms with Gasteiger partial charge in [0.15, 0.2) is 0 Å². The van der Waals surface area contributed by atoms with E-state index >= 15 is 0 Å². The molecule has 0 saturated heterocycles. The van der Waals surface area contributed by atoms with Crippen LogP contribution in [0.25, 0.3) is 6.08 Å². The SMILES string of the molecule is O=C(O)C=Cc1cccc(COc2cccc(Cl)c2)c1.